The van der Waals surface area contributed by atoms with Gasteiger partial charge in [0.25, 0.3) is 5.69 Å². The Balaban J connectivity index is 1.55. The van der Waals surface area contributed by atoms with Gasteiger partial charge in [0.05, 0.1) is 24.0 Å². The fourth-order valence-corrected chi connectivity index (χ4v) is 3.20. The SMILES string of the molecule is O=C(Nc1ccccc1[N+](=O)[O-])Nc1ncnc2c1ncn2[C@H]1C[C@H](O)[C@@H](CO)O1. The molecule has 1 saturated heterocycles. The van der Waals surface area contributed by atoms with Crippen molar-refractivity contribution < 1.29 is 24.7 Å². The smallest absolute Gasteiger partial charge is 0.325 e. The lowest BCUT2D eigenvalue weighted by Gasteiger charge is -2.13. The lowest BCUT2D eigenvalue weighted by atomic mass is 10.2. The summed E-state index contributed by atoms with van der Waals surface area (Å²) in [6, 6.07) is 4.98. The average molecular weight is 415 g/mol. The van der Waals surface area contributed by atoms with Crippen molar-refractivity contribution in [1.29, 1.82) is 0 Å². The number of hydrogen-bond acceptors (Lipinski definition) is 9. The van der Waals surface area contributed by atoms with Crippen LogP contribution in [-0.2, 0) is 4.74 Å². The summed E-state index contributed by atoms with van der Waals surface area (Å²) in [5.74, 6) is 0.0899. The number of nitrogens with zero attached hydrogens (tertiary/aromatic N) is 5. The predicted molar refractivity (Wildman–Crippen MR) is 103 cm³/mol. The summed E-state index contributed by atoms with van der Waals surface area (Å²) in [5, 5.41) is 35.2. The van der Waals surface area contributed by atoms with Gasteiger partial charge < -0.3 is 20.3 Å². The third kappa shape index (κ3) is 3.63. The quantitative estimate of drug-likeness (QED) is 0.350. The van der Waals surface area contributed by atoms with Gasteiger partial charge in [-0.3, -0.25) is 20.0 Å². The largest absolute Gasteiger partial charge is 0.394 e. The Morgan fingerprint density at radius 2 is 2.10 bits per heavy atom. The van der Waals surface area contributed by atoms with Gasteiger partial charge in [-0.25, -0.2) is 19.7 Å². The molecule has 1 aliphatic rings. The lowest BCUT2D eigenvalue weighted by molar-refractivity contribution is -0.383. The second-order valence-electron chi connectivity index (χ2n) is 6.51. The molecule has 13 nitrogen and oxygen atoms in total. The van der Waals surface area contributed by atoms with Gasteiger partial charge in [-0.1, -0.05) is 12.1 Å². The fourth-order valence-electron chi connectivity index (χ4n) is 3.20. The number of nitro groups is 1. The van der Waals surface area contributed by atoms with Crippen LogP contribution in [0, 0.1) is 10.1 Å². The normalized spacial score (nSPS) is 20.9. The Bertz CT molecular complexity index is 1100. The van der Waals surface area contributed by atoms with Gasteiger partial charge in [0, 0.05) is 12.5 Å². The minimum atomic E-state index is -0.829. The van der Waals surface area contributed by atoms with Gasteiger partial charge in [-0.05, 0) is 6.07 Å². The molecule has 0 radical (unpaired) electrons. The molecule has 2 aromatic heterocycles. The van der Waals surface area contributed by atoms with Crippen LogP contribution in [0.15, 0.2) is 36.9 Å². The van der Waals surface area contributed by atoms with E-state index in [0.717, 1.165) is 0 Å². The summed E-state index contributed by atoms with van der Waals surface area (Å²) in [7, 11) is 0. The number of anilines is 2. The third-order valence-corrected chi connectivity index (χ3v) is 4.63. The maximum Gasteiger partial charge on any atom is 0.325 e. The number of nitro benzene ring substituents is 1. The lowest BCUT2D eigenvalue weighted by Crippen LogP contribution is -2.24. The number of aromatic nitrogens is 4. The molecular weight excluding hydrogens is 398 g/mol. The number of fused-ring (bicyclic) bond motifs is 1. The predicted octanol–water partition coefficient (Wildman–Crippen LogP) is 1.02. The van der Waals surface area contributed by atoms with Crippen LogP contribution in [0.2, 0.25) is 0 Å². The average Bonchev–Trinajstić information content (AvgIpc) is 3.31. The molecule has 0 unspecified atom stereocenters. The van der Waals surface area contributed by atoms with Crippen molar-refractivity contribution in [3.63, 3.8) is 0 Å². The number of aliphatic hydroxyl groups excluding tert-OH is 2. The molecule has 3 heterocycles. The molecule has 3 aromatic rings. The molecule has 0 bridgehead atoms. The maximum absolute atomic E-state index is 12.4. The zero-order chi connectivity index (χ0) is 21.3. The maximum atomic E-state index is 12.4. The van der Waals surface area contributed by atoms with Crippen LogP contribution in [0.5, 0.6) is 0 Å². The summed E-state index contributed by atoms with van der Waals surface area (Å²) in [4.78, 5) is 35.2. The van der Waals surface area contributed by atoms with Crippen molar-refractivity contribution in [3.8, 4) is 0 Å². The van der Waals surface area contributed by atoms with Crippen LogP contribution in [-0.4, -0.2) is 59.5 Å². The summed E-state index contributed by atoms with van der Waals surface area (Å²) in [6.07, 6.45) is 0.758. The van der Waals surface area contributed by atoms with Crippen LogP contribution >= 0.6 is 0 Å². The number of imidazole rings is 1. The molecule has 156 valence electrons. The minimum Gasteiger partial charge on any atom is -0.394 e. The van der Waals surface area contributed by atoms with Crippen LogP contribution in [0.4, 0.5) is 22.0 Å². The van der Waals surface area contributed by atoms with E-state index in [2.05, 4.69) is 25.6 Å². The Kier molecular flexibility index (Phi) is 5.22. The Morgan fingerprint density at radius 1 is 1.30 bits per heavy atom. The molecule has 3 atom stereocenters. The number of rotatable bonds is 5. The summed E-state index contributed by atoms with van der Waals surface area (Å²) >= 11 is 0. The van der Waals surface area contributed by atoms with E-state index in [1.54, 1.807) is 10.6 Å². The van der Waals surface area contributed by atoms with Gasteiger partial charge in [-0.15, -0.1) is 0 Å². The van der Waals surface area contributed by atoms with Crippen molar-refractivity contribution in [1.82, 2.24) is 19.5 Å². The van der Waals surface area contributed by atoms with E-state index in [1.165, 1.54) is 30.9 Å². The molecule has 13 heteroatoms. The summed E-state index contributed by atoms with van der Waals surface area (Å²) < 4.78 is 7.18. The van der Waals surface area contributed by atoms with Crippen LogP contribution in [0.25, 0.3) is 11.2 Å². The standard InChI is InChI=1S/C17H17N7O6/c25-6-12-11(26)5-13(30-12)23-8-20-14-15(18-7-19-16(14)23)22-17(27)21-9-3-1-2-4-10(9)24(28)29/h1-4,7-8,11-13,25-26H,5-6H2,(H2,18,19,21,22,27)/t11-,12+,13+/m0/s1. The first kappa shape index (κ1) is 19.6. The van der Waals surface area contributed by atoms with Crippen molar-refractivity contribution in [3.05, 3.63) is 47.0 Å². The zero-order valence-corrected chi connectivity index (χ0v) is 15.4. The van der Waals surface area contributed by atoms with E-state index >= 15 is 0 Å². The van der Waals surface area contributed by atoms with Gasteiger partial charge in [0.1, 0.15) is 24.3 Å². The third-order valence-electron chi connectivity index (χ3n) is 4.63. The van der Waals surface area contributed by atoms with Gasteiger partial charge in [-0.2, -0.15) is 0 Å². The second-order valence-corrected chi connectivity index (χ2v) is 6.51. The van der Waals surface area contributed by atoms with E-state index in [9.17, 15) is 25.1 Å². The molecule has 1 aromatic carbocycles. The molecular formula is C17H17N7O6. The summed E-state index contributed by atoms with van der Waals surface area (Å²) in [6.45, 7) is -0.322. The van der Waals surface area contributed by atoms with Gasteiger partial charge in [0.2, 0.25) is 0 Å². The Morgan fingerprint density at radius 3 is 2.83 bits per heavy atom. The number of carbonyl (C=O) groups is 1. The number of carbonyl (C=O) groups excluding carboxylic acids is 1. The first-order valence-corrected chi connectivity index (χ1v) is 8.91. The number of amides is 2. The van der Waals surface area contributed by atoms with Crippen LogP contribution in [0.3, 0.4) is 0 Å². The highest BCUT2D eigenvalue weighted by molar-refractivity contribution is 6.03. The van der Waals surface area contributed by atoms with E-state index in [1.807, 2.05) is 0 Å². The molecule has 1 aliphatic heterocycles. The molecule has 4 N–H and O–H groups in total. The Hall–Kier alpha value is -3.68. The fraction of sp³-hybridized carbons (Fsp3) is 0.294. The minimum absolute atomic E-state index is 0.0271. The van der Waals surface area contributed by atoms with Crippen molar-refractivity contribution in [2.24, 2.45) is 0 Å². The second kappa shape index (κ2) is 7.98. The van der Waals surface area contributed by atoms with E-state index in [4.69, 9.17) is 4.74 Å². The number of nitrogens with one attached hydrogen (secondary N) is 2. The molecule has 4 rings (SSSR count). The van der Waals surface area contributed by atoms with Crippen molar-refractivity contribution in [2.75, 3.05) is 17.2 Å². The van der Waals surface area contributed by atoms with E-state index < -0.39 is 29.4 Å². The zero-order valence-electron chi connectivity index (χ0n) is 15.4. The first-order chi connectivity index (χ1) is 14.5. The van der Waals surface area contributed by atoms with Crippen molar-refractivity contribution in [2.45, 2.75) is 24.9 Å². The monoisotopic (exact) mass is 415 g/mol. The highest BCUT2D eigenvalue weighted by Crippen LogP contribution is 2.31. The number of para-hydroxylation sites is 2. The molecule has 1 fully saturated rings. The molecule has 0 aliphatic carbocycles. The highest BCUT2D eigenvalue weighted by Gasteiger charge is 2.35. The van der Waals surface area contributed by atoms with Gasteiger partial charge >= 0.3 is 6.03 Å². The van der Waals surface area contributed by atoms with Crippen LogP contribution in [0.1, 0.15) is 12.6 Å². The number of urea groups is 1. The molecule has 0 spiro atoms. The number of benzene rings is 1. The molecule has 30 heavy (non-hydrogen) atoms. The van der Waals surface area contributed by atoms with E-state index in [-0.39, 0.29) is 35.7 Å². The number of ether oxygens (including phenoxy) is 1. The van der Waals surface area contributed by atoms with Gasteiger partial charge in [0.15, 0.2) is 17.0 Å². The number of aliphatic hydroxyl groups is 2. The molecule has 2 amide bonds. The Labute approximate surface area is 168 Å². The van der Waals surface area contributed by atoms with Crippen molar-refractivity contribution >= 4 is 34.4 Å². The first-order valence-electron chi connectivity index (χ1n) is 8.91. The summed E-state index contributed by atoms with van der Waals surface area (Å²) in [5.41, 5.74) is 0.391. The topological polar surface area (TPSA) is 178 Å². The van der Waals surface area contributed by atoms with E-state index in [0.29, 0.717) is 5.65 Å². The van der Waals surface area contributed by atoms with Crippen LogP contribution < -0.4 is 10.6 Å². The number of hydrogen-bond donors (Lipinski definition) is 4. The highest BCUT2D eigenvalue weighted by atomic mass is 16.6. The molecule has 0 saturated carbocycles.